The van der Waals surface area contributed by atoms with E-state index in [0.29, 0.717) is 23.7 Å². The van der Waals surface area contributed by atoms with Gasteiger partial charge in [0.2, 0.25) is 0 Å². The number of rotatable bonds is 4. The lowest BCUT2D eigenvalue weighted by molar-refractivity contribution is 0.239. The van der Waals surface area contributed by atoms with Gasteiger partial charge in [-0.3, -0.25) is 0 Å². The molecule has 278 valence electrons. The summed E-state index contributed by atoms with van der Waals surface area (Å²) in [5, 5.41) is 0. The average molecular weight is 737 g/mol. The molecule has 1 aromatic heterocycles. The van der Waals surface area contributed by atoms with Crippen molar-refractivity contribution < 1.29 is 0 Å². The topological polar surface area (TPSA) is 25.8 Å². The second kappa shape index (κ2) is 12.1. The summed E-state index contributed by atoms with van der Waals surface area (Å²) in [7, 11) is 0. The van der Waals surface area contributed by atoms with Crippen molar-refractivity contribution in [3.63, 3.8) is 0 Å². The van der Waals surface area contributed by atoms with Gasteiger partial charge in [-0.25, -0.2) is 9.97 Å². The number of hydrogen-bond donors (Lipinski definition) is 0. The molecule has 5 aliphatic carbocycles. The number of hydrogen-bond acceptors (Lipinski definition) is 2. The van der Waals surface area contributed by atoms with Crippen LogP contribution in [0.4, 0.5) is 0 Å². The summed E-state index contributed by atoms with van der Waals surface area (Å²) < 4.78 is 0. The largest absolute Gasteiger partial charge is 0.228 e. The number of nitrogens with zero attached hydrogens (tertiary/aromatic N) is 2. The Morgan fingerprint density at radius 2 is 0.982 bits per heavy atom. The Morgan fingerprint density at radius 1 is 0.439 bits per heavy atom. The van der Waals surface area contributed by atoms with E-state index in [-0.39, 0.29) is 16.2 Å². The fourth-order valence-electron chi connectivity index (χ4n) is 11.3. The van der Waals surface area contributed by atoms with Gasteiger partial charge in [0.25, 0.3) is 0 Å². The highest BCUT2D eigenvalue weighted by Crippen LogP contribution is 2.59. The van der Waals surface area contributed by atoms with Crippen LogP contribution in [0.5, 0.6) is 0 Å². The Morgan fingerprint density at radius 3 is 1.68 bits per heavy atom. The van der Waals surface area contributed by atoms with E-state index in [1.54, 1.807) is 0 Å². The Kier molecular flexibility index (Phi) is 7.29. The summed E-state index contributed by atoms with van der Waals surface area (Å²) in [5.74, 6) is 2.77. The van der Waals surface area contributed by atoms with Gasteiger partial charge < -0.3 is 0 Å². The number of fused-ring (bicyclic) bond motifs is 9. The van der Waals surface area contributed by atoms with Crippen LogP contribution in [0.2, 0.25) is 0 Å². The standard InChI is InChI=1S/C55H48N2/c1-53(2)44-18-12-10-16-38(44)40-24-20-34(28-46(40)53)35-21-25-42-43-27-23-37(31-49(43)55(5,6)47(42)29-35)52-56-50(33-14-8-7-9-15-33)32-51(57-52)36-22-26-41-39-17-11-13-19-45(39)54(3,4)48(41)30-36/h7-32,39,41,45,48H,1-6H3. The molecule has 4 unspecified atom stereocenters. The molecule has 1 saturated carbocycles. The zero-order valence-corrected chi connectivity index (χ0v) is 33.7. The van der Waals surface area contributed by atoms with Crippen molar-refractivity contribution in [1.82, 2.24) is 9.97 Å². The molecule has 2 heteroatoms. The van der Waals surface area contributed by atoms with E-state index >= 15 is 0 Å². The van der Waals surface area contributed by atoms with Gasteiger partial charge in [-0.1, -0.05) is 175 Å². The summed E-state index contributed by atoms with van der Waals surface area (Å²) in [6.45, 7) is 14.4. The molecule has 5 aliphatic rings. The predicted molar refractivity (Wildman–Crippen MR) is 237 cm³/mol. The Balaban J connectivity index is 0.972. The molecule has 0 spiro atoms. The lowest BCUT2D eigenvalue weighted by Gasteiger charge is -2.33. The number of benzene rings is 5. The zero-order chi connectivity index (χ0) is 38.8. The van der Waals surface area contributed by atoms with Crippen molar-refractivity contribution in [2.75, 3.05) is 0 Å². The molecule has 5 aromatic carbocycles. The highest BCUT2D eigenvalue weighted by Gasteiger charge is 2.52. The van der Waals surface area contributed by atoms with Crippen molar-refractivity contribution in [2.45, 2.75) is 52.4 Å². The summed E-state index contributed by atoms with van der Waals surface area (Å²) in [6, 6.07) is 42.7. The molecule has 1 heterocycles. The van der Waals surface area contributed by atoms with E-state index in [2.05, 4.69) is 199 Å². The third-order valence-corrected chi connectivity index (χ3v) is 14.6. The number of allylic oxidation sites excluding steroid dienone is 8. The molecule has 1 fully saturated rings. The van der Waals surface area contributed by atoms with Crippen molar-refractivity contribution in [1.29, 1.82) is 0 Å². The minimum atomic E-state index is -0.194. The van der Waals surface area contributed by atoms with Crippen LogP contribution >= 0.6 is 0 Å². The number of aromatic nitrogens is 2. The molecule has 57 heavy (non-hydrogen) atoms. The Bertz CT molecular complexity index is 2790. The van der Waals surface area contributed by atoms with Crippen LogP contribution in [0, 0.1) is 29.1 Å². The third-order valence-electron chi connectivity index (χ3n) is 14.6. The molecule has 6 aromatic rings. The maximum Gasteiger partial charge on any atom is 0.160 e. The smallest absolute Gasteiger partial charge is 0.160 e. The van der Waals surface area contributed by atoms with Gasteiger partial charge in [-0.05, 0) is 115 Å². The van der Waals surface area contributed by atoms with Crippen molar-refractivity contribution in [3.8, 4) is 56.0 Å². The first-order valence-corrected chi connectivity index (χ1v) is 20.7. The first kappa shape index (κ1) is 34.4. The van der Waals surface area contributed by atoms with Crippen LogP contribution in [-0.2, 0) is 10.8 Å². The van der Waals surface area contributed by atoms with Gasteiger partial charge in [-0.2, -0.15) is 0 Å². The maximum absolute atomic E-state index is 5.38. The van der Waals surface area contributed by atoms with Crippen molar-refractivity contribution >= 4 is 5.57 Å². The van der Waals surface area contributed by atoms with Crippen molar-refractivity contribution in [3.05, 3.63) is 186 Å². The van der Waals surface area contributed by atoms with E-state index in [1.165, 1.54) is 61.2 Å². The zero-order valence-electron chi connectivity index (χ0n) is 33.7. The lowest BCUT2D eigenvalue weighted by atomic mass is 9.71. The molecule has 0 radical (unpaired) electrons. The summed E-state index contributed by atoms with van der Waals surface area (Å²) >= 11 is 0. The summed E-state index contributed by atoms with van der Waals surface area (Å²) in [5.41, 5.74) is 18.6. The van der Waals surface area contributed by atoms with E-state index in [0.717, 1.165) is 28.3 Å². The summed E-state index contributed by atoms with van der Waals surface area (Å²) in [4.78, 5) is 10.7. The van der Waals surface area contributed by atoms with Gasteiger partial charge >= 0.3 is 0 Å². The molecule has 11 rings (SSSR count). The second-order valence-electron chi connectivity index (χ2n) is 18.7. The second-order valence-corrected chi connectivity index (χ2v) is 18.7. The molecule has 0 aliphatic heterocycles. The monoisotopic (exact) mass is 736 g/mol. The lowest BCUT2D eigenvalue weighted by Crippen LogP contribution is -2.26. The van der Waals surface area contributed by atoms with Crippen molar-refractivity contribution in [2.24, 2.45) is 29.1 Å². The average Bonchev–Trinajstić information content (AvgIpc) is 3.72. The summed E-state index contributed by atoms with van der Waals surface area (Å²) in [6.07, 6.45) is 16.6. The van der Waals surface area contributed by atoms with Gasteiger partial charge in [0.1, 0.15) is 0 Å². The SMILES string of the molecule is CC1(C)c2ccccc2-c2ccc(-c3ccc4c(c3)C(C)(C)c3cc(-c5nc(C6=CC7C(C=C6)C6C=CC=CC6C7(C)C)cc(-c6ccccc6)n5)ccc3-4)cc21. The molecule has 2 nitrogen and oxygen atoms in total. The molecule has 4 atom stereocenters. The highest BCUT2D eigenvalue weighted by atomic mass is 14.9. The van der Waals surface area contributed by atoms with Crippen LogP contribution in [0.3, 0.4) is 0 Å². The fraction of sp³-hybridized carbons (Fsp3) is 0.236. The Labute approximate surface area is 337 Å². The van der Waals surface area contributed by atoms with Crippen LogP contribution < -0.4 is 0 Å². The molecular formula is C55H48N2. The van der Waals surface area contributed by atoms with E-state index in [4.69, 9.17) is 9.97 Å². The minimum Gasteiger partial charge on any atom is -0.228 e. The van der Waals surface area contributed by atoms with Gasteiger partial charge in [-0.15, -0.1) is 0 Å². The normalized spacial score (nSPS) is 23.2. The van der Waals surface area contributed by atoms with Crippen LogP contribution in [0.1, 0.15) is 69.5 Å². The van der Waals surface area contributed by atoms with Crippen LogP contribution in [0.15, 0.2) is 158 Å². The molecule has 0 bridgehead atoms. The highest BCUT2D eigenvalue weighted by molar-refractivity contribution is 5.88. The van der Waals surface area contributed by atoms with Crippen LogP contribution in [0.25, 0.3) is 61.6 Å². The van der Waals surface area contributed by atoms with E-state index < -0.39 is 0 Å². The molecule has 0 saturated heterocycles. The quantitative estimate of drug-likeness (QED) is 0.180. The van der Waals surface area contributed by atoms with Crippen LogP contribution in [-0.4, -0.2) is 9.97 Å². The molecule has 0 amide bonds. The van der Waals surface area contributed by atoms with Gasteiger partial charge in [0.05, 0.1) is 11.4 Å². The minimum absolute atomic E-state index is 0.0304. The van der Waals surface area contributed by atoms with E-state index in [1.807, 2.05) is 0 Å². The maximum atomic E-state index is 5.38. The molecular weight excluding hydrogens is 689 g/mol. The first-order valence-electron chi connectivity index (χ1n) is 20.7. The van der Waals surface area contributed by atoms with E-state index in [9.17, 15) is 0 Å². The van der Waals surface area contributed by atoms with Gasteiger partial charge in [0.15, 0.2) is 5.82 Å². The predicted octanol–water partition coefficient (Wildman–Crippen LogP) is 13.7. The molecule has 0 N–H and O–H groups in total. The Hall–Kier alpha value is -5.86. The fourth-order valence-corrected chi connectivity index (χ4v) is 11.3. The first-order chi connectivity index (χ1) is 27.5. The third kappa shape index (κ3) is 5.02. The van der Waals surface area contributed by atoms with Gasteiger partial charge in [0, 0.05) is 22.0 Å².